The van der Waals surface area contributed by atoms with Gasteiger partial charge in [0.15, 0.2) is 0 Å². The van der Waals surface area contributed by atoms with Gasteiger partial charge in [-0.3, -0.25) is 0 Å². The van der Waals surface area contributed by atoms with Gasteiger partial charge in [0.25, 0.3) is 0 Å². The van der Waals surface area contributed by atoms with Crippen LogP contribution in [0.4, 0.5) is 0 Å². The van der Waals surface area contributed by atoms with Crippen molar-refractivity contribution in [2.24, 2.45) is 0 Å². The predicted octanol–water partition coefficient (Wildman–Crippen LogP) is 2.92. The van der Waals surface area contributed by atoms with Crippen LogP contribution in [0.15, 0.2) is 158 Å². The zero-order valence-electron chi connectivity index (χ0n) is 23.4. The quantitative estimate of drug-likeness (QED) is 0.273. The molecule has 0 fully saturated rings. The fourth-order valence-electron chi connectivity index (χ4n) is 8.68. The Kier molecular flexibility index (Phi) is 7.43. The molecule has 6 aromatic carbocycles. The molecule has 0 atom stereocenters. The summed E-state index contributed by atoms with van der Waals surface area (Å²) in [5, 5.41) is 0. The summed E-state index contributed by atoms with van der Waals surface area (Å²) in [5.41, 5.74) is 11.6. The molecule has 0 radical (unpaired) electrons. The van der Waals surface area contributed by atoms with Crippen molar-refractivity contribution < 1.29 is 43.6 Å². The first-order valence-electron chi connectivity index (χ1n) is 14.4. The van der Waals surface area contributed by atoms with E-state index >= 15 is 0 Å². The molecule has 0 N–H and O–H groups in total. The van der Waals surface area contributed by atoms with E-state index < -0.39 is 18.8 Å². The van der Waals surface area contributed by atoms with Crippen molar-refractivity contribution in [1.29, 1.82) is 0 Å². The Morgan fingerprint density at radius 1 is 0.333 bits per heavy atom. The Bertz CT molecular complexity index is 1670. The van der Waals surface area contributed by atoms with E-state index in [4.69, 9.17) is 0 Å². The number of rotatable bonds is 4. The number of hydrogen-bond acceptors (Lipinski definition) is 0. The fraction of sp³-hybridized carbons (Fsp3) is 0.0769. The molecule has 0 spiro atoms. The van der Waals surface area contributed by atoms with Crippen LogP contribution in [-0.4, -0.2) is 0 Å². The first kappa shape index (κ1) is 28.9. The maximum Gasteiger partial charge on any atom is -1.00 e. The molecule has 0 bridgehead atoms. The van der Waals surface area contributed by atoms with E-state index in [-0.39, 0.29) is 24.8 Å². The topological polar surface area (TPSA) is 0 Å². The second-order valence-corrected chi connectivity index (χ2v) is 27.1. The third kappa shape index (κ3) is 3.70. The maximum atomic E-state index is 2.78. The van der Waals surface area contributed by atoms with Gasteiger partial charge in [0.05, 0.1) is 0 Å². The minimum atomic E-state index is -4.63. The van der Waals surface area contributed by atoms with Crippen LogP contribution < -0.4 is 31.4 Å². The van der Waals surface area contributed by atoms with Crippen molar-refractivity contribution in [2.45, 2.75) is 11.9 Å². The van der Waals surface area contributed by atoms with Gasteiger partial charge in [0, 0.05) is 0 Å². The zero-order valence-corrected chi connectivity index (χ0v) is 27.4. The van der Waals surface area contributed by atoms with Gasteiger partial charge in [0.2, 0.25) is 0 Å². The molecule has 8 rings (SSSR count). The number of halogens is 2. The van der Waals surface area contributed by atoms with Gasteiger partial charge in [-0.2, -0.15) is 0 Å². The first-order valence-corrected chi connectivity index (χ1v) is 22.1. The van der Waals surface area contributed by atoms with Gasteiger partial charge >= 0.3 is 239 Å². The summed E-state index contributed by atoms with van der Waals surface area (Å²) in [6.45, 7) is 0. The molecule has 0 nitrogen and oxygen atoms in total. The number of hydrogen-bond donors (Lipinski definition) is 0. The summed E-state index contributed by atoms with van der Waals surface area (Å²) in [6.07, 6.45) is 0. The number of benzene rings is 6. The van der Waals surface area contributed by atoms with Gasteiger partial charge in [-0.25, -0.2) is 0 Å². The van der Waals surface area contributed by atoms with Crippen LogP contribution in [0.5, 0.6) is 0 Å². The zero-order chi connectivity index (χ0) is 26.8. The Hall–Kier alpha value is -3.22. The van der Waals surface area contributed by atoms with Crippen molar-refractivity contribution in [3.63, 3.8) is 0 Å². The average Bonchev–Trinajstić information content (AvgIpc) is 3.56. The van der Waals surface area contributed by atoms with E-state index in [9.17, 15) is 0 Å². The molecule has 0 saturated heterocycles. The molecular weight excluding hydrogens is 631 g/mol. The molecular formula is C39H31Cl2Zr. The Morgan fingerprint density at radius 2 is 0.571 bits per heavy atom. The molecule has 42 heavy (non-hydrogen) atoms. The Morgan fingerprint density at radius 3 is 0.857 bits per heavy atom. The van der Waals surface area contributed by atoms with Gasteiger partial charge in [-0.05, 0) is 0 Å². The Balaban J connectivity index is 0.00000158. The molecule has 6 aromatic rings. The normalized spacial score (nSPS) is 13.7. The van der Waals surface area contributed by atoms with E-state index in [0.29, 0.717) is 7.25 Å². The third-order valence-corrected chi connectivity index (χ3v) is 29.8. The largest absolute Gasteiger partial charge is 1.00 e. The third-order valence-electron chi connectivity index (χ3n) is 10.2. The van der Waals surface area contributed by atoms with Crippen molar-refractivity contribution in [3.05, 3.63) is 180 Å². The summed E-state index contributed by atoms with van der Waals surface area (Å²) in [5.74, 6) is 0. The summed E-state index contributed by atoms with van der Waals surface area (Å²) < 4.78 is 6.45. The molecule has 0 unspecified atom stereocenters. The van der Waals surface area contributed by atoms with Crippen LogP contribution in [0.25, 0.3) is 22.3 Å². The van der Waals surface area contributed by atoms with Crippen LogP contribution in [0.1, 0.15) is 29.5 Å². The molecule has 3 heteroatoms. The second kappa shape index (κ2) is 10.8. The van der Waals surface area contributed by atoms with Gasteiger partial charge in [0.1, 0.15) is 0 Å². The minimum Gasteiger partial charge on any atom is -1.00 e. The van der Waals surface area contributed by atoms with E-state index in [1.54, 1.807) is 6.54 Å². The van der Waals surface area contributed by atoms with E-state index in [1.165, 1.54) is 44.5 Å². The van der Waals surface area contributed by atoms with Gasteiger partial charge in [-0.15, -0.1) is 0 Å². The second-order valence-electron chi connectivity index (χ2n) is 11.9. The van der Waals surface area contributed by atoms with E-state index in [1.807, 2.05) is 0 Å². The smallest absolute Gasteiger partial charge is 1.00 e. The van der Waals surface area contributed by atoms with Crippen LogP contribution in [0.2, 0.25) is 4.63 Å². The van der Waals surface area contributed by atoms with E-state index in [0.717, 1.165) is 0 Å². The summed E-state index contributed by atoms with van der Waals surface area (Å²) in [6, 6.07) is 60.3. The monoisotopic (exact) mass is 659 g/mol. The molecule has 0 heterocycles. The van der Waals surface area contributed by atoms with Crippen LogP contribution in [0, 0.1) is 0 Å². The van der Waals surface area contributed by atoms with Gasteiger partial charge in [-0.1, -0.05) is 0 Å². The maximum absolute atomic E-state index is 4.63. The minimum absolute atomic E-state index is 0. The van der Waals surface area contributed by atoms with Crippen LogP contribution in [-0.2, 0) is 18.8 Å². The molecule has 205 valence electrons. The Labute approximate surface area is 262 Å². The molecule has 0 aliphatic heterocycles. The summed E-state index contributed by atoms with van der Waals surface area (Å²) >= 11 is -4.63. The van der Waals surface area contributed by atoms with Gasteiger partial charge < -0.3 is 24.8 Å². The number of fused-ring (bicyclic) bond motifs is 6. The fourth-order valence-corrected chi connectivity index (χ4v) is 29.2. The molecule has 0 aromatic heterocycles. The SMILES string of the molecule is [CH3][Zr+2]([c]1ccccc1)([c]1ccccc1)([CH]1c2ccccc2-c2ccccc21)[CH]1c2ccccc2-c2ccccc21.[Cl-].[Cl-]. The molecule has 0 amide bonds. The predicted molar refractivity (Wildman–Crippen MR) is 165 cm³/mol. The molecule has 2 aliphatic carbocycles. The van der Waals surface area contributed by atoms with Crippen molar-refractivity contribution in [3.8, 4) is 22.3 Å². The van der Waals surface area contributed by atoms with Crippen LogP contribution in [0.3, 0.4) is 0 Å². The summed E-state index contributed by atoms with van der Waals surface area (Å²) in [7, 11) is 0. The van der Waals surface area contributed by atoms with Crippen molar-refractivity contribution >= 4 is 6.54 Å². The van der Waals surface area contributed by atoms with E-state index in [2.05, 4.69) is 162 Å². The molecule has 2 aliphatic rings. The van der Waals surface area contributed by atoms with Crippen molar-refractivity contribution in [1.82, 2.24) is 0 Å². The average molecular weight is 662 g/mol. The summed E-state index contributed by atoms with van der Waals surface area (Å²) in [4.78, 5) is 0. The standard InChI is InChI=1S/2C13H9.2C6H5.CH3.2ClH.Zr/c2*1-3-7-12-10(5-1)9-11-6-2-4-8-13(11)12;2*1-2-4-6-5-3-1;;;;/h2*1-9H;2*1-5H;1H3;2*1H;/q;;;;;;;+2/p-2. The van der Waals surface area contributed by atoms with Crippen molar-refractivity contribution in [2.75, 3.05) is 0 Å². The molecule has 0 saturated carbocycles. The van der Waals surface area contributed by atoms with Crippen LogP contribution >= 0.6 is 0 Å². The first-order chi connectivity index (χ1) is 19.7.